The fourth-order valence-electron chi connectivity index (χ4n) is 1.97. The molecule has 2 unspecified atom stereocenters. The molecule has 2 rings (SSSR count). The van der Waals surface area contributed by atoms with Gasteiger partial charge < -0.3 is 5.32 Å². The molecule has 19 heavy (non-hydrogen) atoms. The van der Waals surface area contributed by atoms with Crippen molar-refractivity contribution in [2.45, 2.75) is 24.7 Å². The van der Waals surface area contributed by atoms with E-state index in [1.54, 1.807) is 12.1 Å². The number of hydrogen-bond donors (Lipinski definition) is 1. The number of hydrogen-bond acceptors (Lipinski definition) is 3. The molecular formula is C13H16ClNO3S. The van der Waals surface area contributed by atoms with Crippen molar-refractivity contribution in [1.82, 2.24) is 5.32 Å². The molecule has 1 aromatic carbocycles. The summed E-state index contributed by atoms with van der Waals surface area (Å²) >= 11 is 0. The van der Waals surface area contributed by atoms with Gasteiger partial charge in [0.2, 0.25) is 5.91 Å². The molecule has 0 spiro atoms. The van der Waals surface area contributed by atoms with Gasteiger partial charge in [-0.15, -0.1) is 0 Å². The van der Waals surface area contributed by atoms with Gasteiger partial charge in [-0.25, -0.2) is 8.42 Å². The molecule has 1 amide bonds. The maximum Gasteiger partial charge on any atom is 0.261 e. The summed E-state index contributed by atoms with van der Waals surface area (Å²) in [4.78, 5) is 11.7. The molecule has 1 aliphatic rings. The first-order valence-corrected chi connectivity index (χ1v) is 8.50. The van der Waals surface area contributed by atoms with Crippen LogP contribution in [0.3, 0.4) is 0 Å². The van der Waals surface area contributed by atoms with Crippen molar-refractivity contribution in [3.8, 4) is 0 Å². The average molecular weight is 302 g/mol. The maximum absolute atomic E-state index is 11.6. The number of benzene rings is 1. The van der Waals surface area contributed by atoms with Crippen molar-refractivity contribution >= 4 is 25.6 Å². The van der Waals surface area contributed by atoms with E-state index in [2.05, 4.69) is 12.2 Å². The first kappa shape index (κ1) is 14.3. The molecular weight excluding hydrogens is 286 g/mol. The van der Waals surface area contributed by atoms with E-state index < -0.39 is 9.05 Å². The number of carbonyl (C=O) groups is 1. The Balaban J connectivity index is 1.82. The topological polar surface area (TPSA) is 63.2 Å². The summed E-state index contributed by atoms with van der Waals surface area (Å²) in [7, 11) is 1.57. The molecule has 1 aliphatic carbocycles. The minimum absolute atomic E-state index is 0.0914. The van der Waals surface area contributed by atoms with Crippen LogP contribution in [0.15, 0.2) is 29.2 Å². The first-order valence-electron chi connectivity index (χ1n) is 6.19. The molecule has 1 N–H and O–H groups in total. The Labute approximate surface area is 117 Å². The van der Waals surface area contributed by atoms with Gasteiger partial charge in [0, 0.05) is 23.1 Å². The monoisotopic (exact) mass is 301 g/mol. The molecule has 0 saturated heterocycles. The van der Waals surface area contributed by atoms with Crippen molar-refractivity contribution < 1.29 is 13.2 Å². The Morgan fingerprint density at radius 1 is 1.37 bits per heavy atom. The minimum Gasteiger partial charge on any atom is -0.356 e. The highest BCUT2D eigenvalue weighted by molar-refractivity contribution is 8.13. The van der Waals surface area contributed by atoms with Gasteiger partial charge in [-0.2, -0.15) is 0 Å². The van der Waals surface area contributed by atoms with Crippen LogP contribution in [-0.4, -0.2) is 20.9 Å². The predicted octanol–water partition coefficient (Wildman–Crippen LogP) is 1.93. The molecule has 1 aromatic rings. The van der Waals surface area contributed by atoms with Crippen LogP contribution in [0.4, 0.5) is 0 Å². The molecule has 0 radical (unpaired) electrons. The standard InChI is InChI=1S/C13H16ClNO3S/c1-9-8-12(9)13(16)15-7-6-10-2-4-11(5-3-10)19(14,17)18/h2-5,9,12H,6-8H2,1H3,(H,15,16). The van der Waals surface area contributed by atoms with Crippen LogP contribution in [0.1, 0.15) is 18.9 Å². The van der Waals surface area contributed by atoms with Crippen molar-refractivity contribution in [1.29, 1.82) is 0 Å². The highest BCUT2D eigenvalue weighted by atomic mass is 35.7. The van der Waals surface area contributed by atoms with Crippen molar-refractivity contribution in [3.63, 3.8) is 0 Å². The van der Waals surface area contributed by atoms with Gasteiger partial charge in [0.1, 0.15) is 0 Å². The van der Waals surface area contributed by atoms with E-state index in [4.69, 9.17) is 10.7 Å². The third-order valence-corrected chi connectivity index (χ3v) is 4.73. The number of carbonyl (C=O) groups excluding carboxylic acids is 1. The van der Waals surface area contributed by atoms with Crippen LogP contribution in [-0.2, 0) is 20.3 Å². The lowest BCUT2D eigenvalue weighted by Gasteiger charge is -2.05. The van der Waals surface area contributed by atoms with E-state index in [0.29, 0.717) is 18.9 Å². The normalized spacial score (nSPS) is 22.0. The van der Waals surface area contributed by atoms with E-state index in [1.807, 2.05) is 0 Å². The highest BCUT2D eigenvalue weighted by Gasteiger charge is 2.38. The lowest BCUT2D eigenvalue weighted by Crippen LogP contribution is -2.27. The number of amides is 1. The summed E-state index contributed by atoms with van der Waals surface area (Å²) in [6.07, 6.45) is 1.66. The zero-order valence-corrected chi connectivity index (χ0v) is 12.2. The molecule has 0 aliphatic heterocycles. The summed E-state index contributed by atoms with van der Waals surface area (Å²) in [6, 6.07) is 6.37. The molecule has 104 valence electrons. The smallest absolute Gasteiger partial charge is 0.261 e. The van der Waals surface area contributed by atoms with E-state index in [0.717, 1.165) is 12.0 Å². The molecule has 1 fully saturated rings. The lowest BCUT2D eigenvalue weighted by molar-refractivity contribution is -0.122. The quantitative estimate of drug-likeness (QED) is 0.845. The summed E-state index contributed by atoms with van der Waals surface area (Å²) in [6.45, 7) is 2.63. The molecule has 0 bridgehead atoms. The SMILES string of the molecule is CC1CC1C(=O)NCCc1ccc(S(=O)(=O)Cl)cc1. The fraction of sp³-hybridized carbons (Fsp3) is 0.462. The van der Waals surface area contributed by atoms with Gasteiger partial charge in [0.05, 0.1) is 4.90 Å². The van der Waals surface area contributed by atoms with E-state index in [9.17, 15) is 13.2 Å². The number of nitrogens with one attached hydrogen (secondary N) is 1. The van der Waals surface area contributed by atoms with Gasteiger partial charge in [-0.1, -0.05) is 19.1 Å². The van der Waals surface area contributed by atoms with E-state index in [1.165, 1.54) is 12.1 Å². The average Bonchev–Trinajstić information content (AvgIpc) is 3.06. The number of rotatable bonds is 5. The van der Waals surface area contributed by atoms with Crippen molar-refractivity contribution in [2.24, 2.45) is 11.8 Å². The summed E-state index contributed by atoms with van der Waals surface area (Å²) in [5.74, 6) is 0.810. The summed E-state index contributed by atoms with van der Waals surface area (Å²) in [5, 5.41) is 2.89. The Morgan fingerprint density at radius 2 is 1.95 bits per heavy atom. The highest BCUT2D eigenvalue weighted by Crippen LogP contribution is 2.37. The molecule has 1 saturated carbocycles. The van der Waals surface area contributed by atoms with E-state index in [-0.39, 0.29) is 16.7 Å². The number of halogens is 1. The van der Waals surface area contributed by atoms with Gasteiger partial charge in [-0.3, -0.25) is 4.79 Å². The Kier molecular flexibility index (Phi) is 4.16. The third-order valence-electron chi connectivity index (χ3n) is 3.36. The maximum atomic E-state index is 11.6. The third kappa shape index (κ3) is 3.94. The van der Waals surface area contributed by atoms with Crippen LogP contribution in [0.25, 0.3) is 0 Å². The molecule has 2 atom stereocenters. The zero-order valence-electron chi connectivity index (χ0n) is 10.6. The minimum atomic E-state index is -3.66. The van der Waals surface area contributed by atoms with Crippen molar-refractivity contribution in [3.05, 3.63) is 29.8 Å². The second-order valence-corrected chi connectivity index (χ2v) is 7.51. The van der Waals surface area contributed by atoms with Gasteiger partial charge in [0.15, 0.2) is 0 Å². The van der Waals surface area contributed by atoms with Gasteiger partial charge in [0.25, 0.3) is 9.05 Å². The fourth-order valence-corrected chi connectivity index (χ4v) is 2.74. The molecule has 0 aromatic heterocycles. The Bertz CT molecular complexity index is 568. The summed E-state index contributed by atoms with van der Waals surface area (Å²) < 4.78 is 22.1. The second-order valence-electron chi connectivity index (χ2n) is 4.94. The van der Waals surface area contributed by atoms with Gasteiger partial charge >= 0.3 is 0 Å². The Morgan fingerprint density at radius 3 is 2.42 bits per heavy atom. The Hall–Kier alpha value is -1.07. The largest absolute Gasteiger partial charge is 0.356 e. The van der Waals surface area contributed by atoms with Crippen LogP contribution >= 0.6 is 10.7 Å². The van der Waals surface area contributed by atoms with E-state index >= 15 is 0 Å². The van der Waals surface area contributed by atoms with Crippen LogP contribution in [0.2, 0.25) is 0 Å². The van der Waals surface area contributed by atoms with Crippen LogP contribution < -0.4 is 5.32 Å². The molecule has 6 heteroatoms. The van der Waals surface area contributed by atoms with Gasteiger partial charge in [-0.05, 0) is 36.5 Å². The van der Waals surface area contributed by atoms with Crippen molar-refractivity contribution in [2.75, 3.05) is 6.54 Å². The molecule has 4 nitrogen and oxygen atoms in total. The first-order chi connectivity index (χ1) is 8.88. The lowest BCUT2D eigenvalue weighted by atomic mass is 10.1. The van der Waals surface area contributed by atoms with Crippen LogP contribution in [0, 0.1) is 11.8 Å². The van der Waals surface area contributed by atoms with Crippen LogP contribution in [0.5, 0.6) is 0 Å². The second kappa shape index (κ2) is 5.51. The predicted molar refractivity (Wildman–Crippen MR) is 73.5 cm³/mol. The zero-order chi connectivity index (χ0) is 14.0. The molecule has 0 heterocycles. The summed E-state index contributed by atoms with van der Waals surface area (Å²) in [5.41, 5.74) is 0.966.